The zero-order valence-electron chi connectivity index (χ0n) is 11.9. The summed E-state index contributed by atoms with van der Waals surface area (Å²) < 4.78 is 15.5. The zero-order valence-corrected chi connectivity index (χ0v) is 12.8. The molecule has 0 aliphatic heterocycles. The number of rotatable bonds is 8. The monoisotopic (exact) mass is 339 g/mol. The van der Waals surface area contributed by atoms with Crippen LogP contribution in [-0.2, 0) is 9.36 Å². The van der Waals surface area contributed by atoms with Crippen LogP contribution in [0.25, 0.3) is 11.0 Å². The predicted octanol–water partition coefficient (Wildman–Crippen LogP) is 0.810. The van der Waals surface area contributed by atoms with Crippen molar-refractivity contribution in [3.05, 3.63) is 30.0 Å². The molecule has 122 valence electrons. The summed E-state index contributed by atoms with van der Waals surface area (Å²) in [6.45, 7) is 0.297. The predicted molar refractivity (Wildman–Crippen MR) is 79.8 cm³/mol. The van der Waals surface area contributed by atoms with Gasteiger partial charge in [0, 0.05) is 13.0 Å². The minimum absolute atomic E-state index is 0.0192. The van der Waals surface area contributed by atoms with Gasteiger partial charge in [-0.3, -0.25) is 19.4 Å². The number of phosphoric acid groups is 1. The average Bonchev–Trinajstić information content (AvgIpc) is 2.49. The van der Waals surface area contributed by atoms with Crippen molar-refractivity contribution < 1.29 is 28.5 Å². The Morgan fingerprint density at radius 2 is 1.91 bits per heavy atom. The molecule has 0 fully saturated rings. The number of benzene rings is 1. The van der Waals surface area contributed by atoms with Gasteiger partial charge in [-0.1, -0.05) is 12.1 Å². The van der Waals surface area contributed by atoms with Gasteiger partial charge in [0.1, 0.15) is 0 Å². The Kier molecular flexibility index (Phi) is 5.38. The highest BCUT2D eigenvalue weighted by atomic mass is 31.2. The standard InChI is InChI=1S/C13H14N3O6P/c17-8-14-7-3-6-11(18)12-13(22-23(19,20)21)16-10-5-2-1-4-9(10)15-12/h1-2,4-5,8H,3,6-7H2,(H,14,17)(H2,19,20,21). The quantitative estimate of drug-likeness (QED) is 0.278. The molecular formula is C13H14N3O6P. The summed E-state index contributed by atoms with van der Waals surface area (Å²) in [4.78, 5) is 48.3. The minimum atomic E-state index is -4.88. The van der Waals surface area contributed by atoms with Crippen LogP contribution >= 0.6 is 7.82 Å². The van der Waals surface area contributed by atoms with Crippen LogP contribution in [0.15, 0.2) is 24.3 Å². The van der Waals surface area contributed by atoms with Gasteiger partial charge in [0.25, 0.3) is 5.88 Å². The number of fused-ring (bicyclic) bond motifs is 1. The van der Waals surface area contributed by atoms with Crippen molar-refractivity contribution in [2.45, 2.75) is 12.8 Å². The van der Waals surface area contributed by atoms with E-state index in [9.17, 15) is 14.2 Å². The summed E-state index contributed by atoms with van der Waals surface area (Å²) >= 11 is 0. The second-order valence-electron chi connectivity index (χ2n) is 4.55. The molecule has 0 bridgehead atoms. The van der Waals surface area contributed by atoms with E-state index in [1.54, 1.807) is 24.3 Å². The third-order valence-electron chi connectivity index (χ3n) is 2.82. The highest BCUT2D eigenvalue weighted by Crippen LogP contribution is 2.38. The van der Waals surface area contributed by atoms with E-state index in [1.807, 2.05) is 0 Å². The topological polar surface area (TPSA) is 139 Å². The first-order chi connectivity index (χ1) is 10.9. The summed E-state index contributed by atoms with van der Waals surface area (Å²) in [5.41, 5.74) is 0.494. The lowest BCUT2D eigenvalue weighted by molar-refractivity contribution is -0.109. The van der Waals surface area contributed by atoms with Crippen molar-refractivity contribution in [1.82, 2.24) is 15.3 Å². The fourth-order valence-corrected chi connectivity index (χ4v) is 2.22. The number of phosphoric ester groups is 1. The molecule has 10 heteroatoms. The van der Waals surface area contributed by atoms with E-state index in [-0.39, 0.29) is 12.1 Å². The van der Waals surface area contributed by atoms with E-state index >= 15 is 0 Å². The summed E-state index contributed by atoms with van der Waals surface area (Å²) in [7, 11) is -4.88. The van der Waals surface area contributed by atoms with Gasteiger partial charge in [0.2, 0.25) is 6.41 Å². The summed E-state index contributed by atoms with van der Waals surface area (Å²) in [5, 5.41) is 2.41. The normalized spacial score (nSPS) is 11.2. The third-order valence-corrected chi connectivity index (χ3v) is 3.23. The molecule has 1 heterocycles. The van der Waals surface area contributed by atoms with Crippen molar-refractivity contribution in [2.75, 3.05) is 6.54 Å². The van der Waals surface area contributed by atoms with Crippen LogP contribution < -0.4 is 9.84 Å². The van der Waals surface area contributed by atoms with E-state index in [0.717, 1.165) is 0 Å². The molecule has 0 unspecified atom stereocenters. The number of amides is 1. The van der Waals surface area contributed by atoms with E-state index in [4.69, 9.17) is 9.79 Å². The van der Waals surface area contributed by atoms with Crippen LogP contribution in [0, 0.1) is 0 Å². The highest BCUT2D eigenvalue weighted by molar-refractivity contribution is 7.46. The van der Waals surface area contributed by atoms with Crippen molar-refractivity contribution in [3.63, 3.8) is 0 Å². The lowest BCUT2D eigenvalue weighted by Gasteiger charge is -2.10. The van der Waals surface area contributed by atoms with Crippen LogP contribution in [0.1, 0.15) is 23.3 Å². The van der Waals surface area contributed by atoms with E-state index < -0.39 is 19.5 Å². The maximum Gasteiger partial charge on any atom is 0.526 e. The number of carbonyl (C=O) groups excluding carboxylic acids is 2. The van der Waals surface area contributed by atoms with Gasteiger partial charge in [-0.2, -0.15) is 0 Å². The second kappa shape index (κ2) is 7.28. The highest BCUT2D eigenvalue weighted by Gasteiger charge is 2.24. The van der Waals surface area contributed by atoms with Crippen LogP contribution in [0.2, 0.25) is 0 Å². The number of aromatic nitrogens is 2. The lowest BCUT2D eigenvalue weighted by Crippen LogP contribution is -2.14. The average molecular weight is 339 g/mol. The molecule has 1 aromatic carbocycles. The molecule has 0 radical (unpaired) electrons. The van der Waals surface area contributed by atoms with Crippen LogP contribution in [0.3, 0.4) is 0 Å². The number of hydrogen-bond donors (Lipinski definition) is 3. The van der Waals surface area contributed by atoms with Crippen LogP contribution in [0.5, 0.6) is 5.88 Å². The van der Waals surface area contributed by atoms with Gasteiger partial charge < -0.3 is 9.84 Å². The minimum Gasteiger partial charge on any atom is -0.383 e. The van der Waals surface area contributed by atoms with Gasteiger partial charge in [-0.15, -0.1) is 0 Å². The molecule has 1 amide bonds. The Hall–Kier alpha value is -2.35. The molecule has 23 heavy (non-hydrogen) atoms. The maximum absolute atomic E-state index is 12.2. The summed E-state index contributed by atoms with van der Waals surface area (Å²) in [5.74, 6) is -0.996. The molecule has 0 spiro atoms. The molecule has 0 atom stereocenters. The van der Waals surface area contributed by atoms with Gasteiger partial charge in [-0.25, -0.2) is 14.5 Å². The number of carbonyl (C=O) groups is 2. The molecule has 1 aromatic heterocycles. The number of Topliss-reactive ketones (excluding diaryl/α,β-unsaturated/α-hetero) is 1. The Morgan fingerprint density at radius 1 is 1.26 bits per heavy atom. The van der Waals surface area contributed by atoms with E-state index in [1.165, 1.54) is 0 Å². The Labute approximate surface area is 131 Å². The fourth-order valence-electron chi connectivity index (χ4n) is 1.87. The van der Waals surface area contributed by atoms with Crippen molar-refractivity contribution in [1.29, 1.82) is 0 Å². The number of ketones is 1. The van der Waals surface area contributed by atoms with Gasteiger partial charge >= 0.3 is 7.82 Å². The number of nitrogens with zero attached hydrogens (tertiary/aromatic N) is 2. The maximum atomic E-state index is 12.2. The van der Waals surface area contributed by atoms with Gasteiger partial charge in [0.05, 0.1) is 11.0 Å². The third kappa shape index (κ3) is 4.82. The van der Waals surface area contributed by atoms with Gasteiger partial charge in [0.15, 0.2) is 11.5 Å². The van der Waals surface area contributed by atoms with Crippen molar-refractivity contribution in [3.8, 4) is 5.88 Å². The molecular weight excluding hydrogens is 325 g/mol. The van der Waals surface area contributed by atoms with Crippen molar-refractivity contribution >= 4 is 31.0 Å². The first kappa shape index (κ1) is 17.0. The van der Waals surface area contributed by atoms with E-state index in [2.05, 4.69) is 19.8 Å². The fraction of sp³-hybridized carbons (Fsp3) is 0.231. The first-order valence-electron chi connectivity index (χ1n) is 6.63. The van der Waals surface area contributed by atoms with Crippen LogP contribution in [0.4, 0.5) is 0 Å². The summed E-state index contributed by atoms with van der Waals surface area (Å²) in [6, 6.07) is 6.57. The zero-order chi connectivity index (χ0) is 16.9. The Bertz CT molecular complexity index is 775. The summed E-state index contributed by atoms with van der Waals surface area (Å²) in [6.07, 6.45) is 0.884. The molecule has 0 saturated carbocycles. The van der Waals surface area contributed by atoms with Crippen LogP contribution in [-0.4, -0.2) is 38.5 Å². The molecule has 0 aliphatic carbocycles. The van der Waals surface area contributed by atoms with Crippen molar-refractivity contribution in [2.24, 2.45) is 0 Å². The smallest absolute Gasteiger partial charge is 0.383 e. The molecule has 2 aromatic rings. The molecule has 0 saturated heterocycles. The molecule has 0 aliphatic rings. The molecule has 2 rings (SSSR count). The first-order valence-corrected chi connectivity index (χ1v) is 8.16. The largest absolute Gasteiger partial charge is 0.526 e. The lowest BCUT2D eigenvalue weighted by atomic mass is 10.1. The van der Waals surface area contributed by atoms with Gasteiger partial charge in [-0.05, 0) is 18.6 Å². The SMILES string of the molecule is O=CNCCCC(=O)c1nc2ccccc2nc1OP(=O)(O)O. The second-order valence-corrected chi connectivity index (χ2v) is 5.71. The Morgan fingerprint density at radius 3 is 2.52 bits per heavy atom. The number of hydrogen-bond acceptors (Lipinski definition) is 6. The number of para-hydroxylation sites is 2. The molecule has 3 N–H and O–H groups in total. The Balaban J connectivity index is 2.34. The molecule has 9 nitrogen and oxygen atoms in total. The van der Waals surface area contributed by atoms with E-state index in [0.29, 0.717) is 30.4 Å². The number of nitrogens with one attached hydrogen (secondary N) is 1.